The van der Waals surface area contributed by atoms with Crippen molar-refractivity contribution in [2.45, 2.75) is 102 Å². The summed E-state index contributed by atoms with van der Waals surface area (Å²) in [6.45, 7) is 6.66. The molecule has 3 aliphatic rings. The van der Waals surface area contributed by atoms with Crippen LogP contribution in [0.5, 0.6) is 0 Å². The van der Waals surface area contributed by atoms with Crippen molar-refractivity contribution >= 4 is 18.2 Å². The van der Waals surface area contributed by atoms with E-state index in [1.54, 1.807) is 11.0 Å². The van der Waals surface area contributed by atoms with Crippen molar-refractivity contribution in [1.82, 2.24) is 14.8 Å². The Bertz CT molecular complexity index is 1540. The maximum atomic E-state index is 14.1. The first-order valence-corrected chi connectivity index (χ1v) is 16.1. The number of carbonyl (C=O) groups is 3. The molecule has 0 radical (unpaired) electrons. The van der Waals surface area contributed by atoms with E-state index in [-0.39, 0.29) is 31.2 Å². The lowest BCUT2D eigenvalue weighted by Crippen LogP contribution is -2.49. The fraction of sp³-hybridized carbons (Fsp3) is 0.472. The summed E-state index contributed by atoms with van der Waals surface area (Å²) in [5.74, 6) is -1.02. The van der Waals surface area contributed by atoms with Crippen LogP contribution in [0.25, 0.3) is 11.1 Å². The van der Waals surface area contributed by atoms with Crippen LogP contribution < -0.4 is 5.32 Å². The molecule has 45 heavy (non-hydrogen) atoms. The van der Waals surface area contributed by atoms with Gasteiger partial charge in [-0.1, -0.05) is 48.5 Å². The Morgan fingerprint density at radius 2 is 1.67 bits per heavy atom. The molecular formula is C36H43N3O6. The van der Waals surface area contributed by atoms with E-state index < -0.39 is 23.8 Å². The second-order valence-corrected chi connectivity index (χ2v) is 13.5. The molecule has 3 aromatic rings. The van der Waals surface area contributed by atoms with Gasteiger partial charge in [-0.05, 0) is 94.0 Å². The Kier molecular flexibility index (Phi) is 8.62. The van der Waals surface area contributed by atoms with E-state index >= 15 is 0 Å². The highest BCUT2D eigenvalue weighted by Gasteiger charge is 2.35. The molecule has 1 fully saturated rings. The minimum absolute atomic E-state index is 0.0733. The minimum Gasteiger partial charge on any atom is -0.478 e. The first kappa shape index (κ1) is 30.7. The Labute approximate surface area is 264 Å². The Hall–Kier alpha value is -4.27. The molecular weight excluding hydrogens is 570 g/mol. The molecule has 0 bridgehead atoms. The van der Waals surface area contributed by atoms with Crippen LogP contribution in [0.3, 0.4) is 0 Å². The largest absolute Gasteiger partial charge is 0.478 e. The zero-order valence-electron chi connectivity index (χ0n) is 26.4. The molecule has 2 aromatic carbocycles. The molecule has 1 aromatic heterocycles. The van der Waals surface area contributed by atoms with Crippen molar-refractivity contribution in [2.24, 2.45) is 0 Å². The summed E-state index contributed by atoms with van der Waals surface area (Å²) in [6, 6.07) is 17.9. The second kappa shape index (κ2) is 12.6. The van der Waals surface area contributed by atoms with Gasteiger partial charge in [-0.15, -0.1) is 0 Å². The first-order chi connectivity index (χ1) is 21.6. The van der Waals surface area contributed by atoms with Crippen molar-refractivity contribution in [3.05, 3.63) is 82.7 Å². The molecule has 0 saturated heterocycles. The van der Waals surface area contributed by atoms with Gasteiger partial charge in [-0.3, -0.25) is 4.90 Å². The molecule has 6 rings (SSSR count). The van der Waals surface area contributed by atoms with Crippen LogP contribution in [-0.2, 0) is 29.0 Å². The van der Waals surface area contributed by atoms with Gasteiger partial charge >= 0.3 is 18.2 Å². The summed E-state index contributed by atoms with van der Waals surface area (Å²) >= 11 is 0. The van der Waals surface area contributed by atoms with Crippen molar-refractivity contribution in [1.29, 1.82) is 0 Å². The normalized spacial score (nSPS) is 19.2. The van der Waals surface area contributed by atoms with Gasteiger partial charge in [0.25, 0.3) is 0 Å². The van der Waals surface area contributed by atoms with E-state index in [1.807, 2.05) is 45.0 Å². The van der Waals surface area contributed by atoms with Crippen LogP contribution in [-0.4, -0.2) is 57.0 Å². The van der Waals surface area contributed by atoms with Gasteiger partial charge < -0.3 is 24.5 Å². The highest BCUT2D eigenvalue weighted by Crippen LogP contribution is 2.44. The number of amides is 2. The SMILES string of the molecule is CC(C)(C)OC(=O)N[C@@H]1CCC[C@@H](N(Cc2cc(C(=O)O)c3n2CCCC3)C(=O)OCC2c3ccccc3-c3ccccc32)C1. The van der Waals surface area contributed by atoms with E-state index in [9.17, 15) is 19.5 Å². The lowest BCUT2D eigenvalue weighted by Gasteiger charge is -2.37. The highest BCUT2D eigenvalue weighted by atomic mass is 16.6. The number of alkyl carbamates (subject to hydrolysis) is 1. The number of ether oxygens (including phenoxy) is 2. The lowest BCUT2D eigenvalue weighted by atomic mass is 9.90. The average molecular weight is 614 g/mol. The van der Waals surface area contributed by atoms with Crippen molar-refractivity contribution in [3.63, 3.8) is 0 Å². The summed E-state index contributed by atoms with van der Waals surface area (Å²) < 4.78 is 13.7. The van der Waals surface area contributed by atoms with Crippen molar-refractivity contribution < 1.29 is 29.0 Å². The van der Waals surface area contributed by atoms with Crippen LogP contribution >= 0.6 is 0 Å². The van der Waals surface area contributed by atoms with E-state index in [1.165, 1.54) is 0 Å². The average Bonchev–Trinajstić information content (AvgIpc) is 3.54. The predicted molar refractivity (Wildman–Crippen MR) is 170 cm³/mol. The first-order valence-electron chi connectivity index (χ1n) is 16.1. The summed E-state index contributed by atoms with van der Waals surface area (Å²) in [5.41, 5.74) is 5.94. The van der Waals surface area contributed by atoms with E-state index in [2.05, 4.69) is 34.1 Å². The van der Waals surface area contributed by atoms with E-state index in [0.717, 1.165) is 72.3 Å². The van der Waals surface area contributed by atoms with Gasteiger partial charge in [0.1, 0.15) is 12.2 Å². The molecule has 0 spiro atoms. The highest BCUT2D eigenvalue weighted by molar-refractivity contribution is 5.89. The third kappa shape index (κ3) is 6.58. The monoisotopic (exact) mass is 613 g/mol. The number of carboxylic acids is 1. The number of nitrogens with one attached hydrogen (secondary N) is 1. The van der Waals surface area contributed by atoms with E-state index in [4.69, 9.17) is 9.47 Å². The number of hydrogen-bond acceptors (Lipinski definition) is 5. The van der Waals surface area contributed by atoms with Gasteiger partial charge in [-0.25, -0.2) is 14.4 Å². The number of hydrogen-bond donors (Lipinski definition) is 2. The molecule has 1 aliphatic heterocycles. The zero-order valence-corrected chi connectivity index (χ0v) is 26.4. The quantitative estimate of drug-likeness (QED) is 0.294. The smallest absolute Gasteiger partial charge is 0.410 e. The van der Waals surface area contributed by atoms with Crippen LogP contribution in [0.4, 0.5) is 9.59 Å². The summed E-state index contributed by atoms with van der Waals surface area (Å²) in [5, 5.41) is 12.9. The van der Waals surface area contributed by atoms with Gasteiger partial charge in [0.05, 0.1) is 12.1 Å². The maximum absolute atomic E-state index is 14.1. The number of carboxylic acid groups (broad SMARTS) is 1. The number of fused-ring (bicyclic) bond motifs is 4. The van der Waals surface area contributed by atoms with Gasteiger partial charge in [-0.2, -0.15) is 0 Å². The molecule has 0 unspecified atom stereocenters. The minimum atomic E-state index is -0.945. The number of rotatable bonds is 7. The van der Waals surface area contributed by atoms with Crippen LogP contribution in [0, 0.1) is 0 Å². The van der Waals surface area contributed by atoms with Gasteiger partial charge in [0.2, 0.25) is 0 Å². The summed E-state index contributed by atoms with van der Waals surface area (Å²) in [6.07, 6.45) is 4.65. The predicted octanol–water partition coefficient (Wildman–Crippen LogP) is 7.11. The molecule has 2 aliphatic carbocycles. The molecule has 238 valence electrons. The number of benzene rings is 2. The zero-order chi connectivity index (χ0) is 31.7. The third-order valence-corrected chi connectivity index (χ3v) is 9.28. The number of aromatic nitrogens is 1. The molecule has 2 amide bonds. The fourth-order valence-corrected chi connectivity index (χ4v) is 7.32. The maximum Gasteiger partial charge on any atom is 0.410 e. The van der Waals surface area contributed by atoms with Gasteiger partial charge in [0, 0.05) is 35.9 Å². The Morgan fingerprint density at radius 1 is 0.978 bits per heavy atom. The number of nitrogens with zero attached hydrogens (tertiary/aromatic N) is 2. The van der Waals surface area contributed by atoms with E-state index in [0.29, 0.717) is 18.4 Å². The second-order valence-electron chi connectivity index (χ2n) is 13.5. The van der Waals surface area contributed by atoms with Crippen molar-refractivity contribution in [3.8, 4) is 11.1 Å². The van der Waals surface area contributed by atoms with Gasteiger partial charge in [0.15, 0.2) is 0 Å². The summed E-state index contributed by atoms with van der Waals surface area (Å²) in [4.78, 5) is 40.6. The van der Waals surface area contributed by atoms with Crippen LogP contribution in [0.1, 0.15) is 98.1 Å². The van der Waals surface area contributed by atoms with Crippen LogP contribution in [0.2, 0.25) is 0 Å². The molecule has 9 heteroatoms. The Morgan fingerprint density at radius 3 is 2.33 bits per heavy atom. The fourth-order valence-electron chi connectivity index (χ4n) is 7.32. The standard InChI is InChI=1S/C36H43N3O6/c1-36(2,3)45-34(42)37-23-11-10-12-24(19-23)39(21-25-20-30(33(40)41)32-17-8-9-18-38(25)32)35(43)44-22-31-28-15-6-4-13-26(28)27-14-5-7-16-29(27)31/h4-7,13-16,20,23-24,31H,8-12,17-19,21-22H2,1-3H3,(H,37,42)(H,40,41)/t23-,24-/m1/s1. The summed E-state index contributed by atoms with van der Waals surface area (Å²) in [7, 11) is 0. The third-order valence-electron chi connectivity index (χ3n) is 9.28. The molecule has 2 N–H and O–H groups in total. The Balaban J connectivity index is 1.25. The molecule has 2 heterocycles. The van der Waals surface area contributed by atoms with Crippen LogP contribution in [0.15, 0.2) is 54.6 Å². The number of aromatic carboxylic acids is 1. The molecule has 2 atom stereocenters. The number of carbonyl (C=O) groups excluding carboxylic acids is 2. The topological polar surface area (TPSA) is 110 Å². The molecule has 9 nitrogen and oxygen atoms in total. The van der Waals surface area contributed by atoms with Crippen molar-refractivity contribution in [2.75, 3.05) is 6.61 Å². The lowest BCUT2D eigenvalue weighted by molar-refractivity contribution is 0.0447. The molecule has 1 saturated carbocycles.